The van der Waals surface area contributed by atoms with Gasteiger partial charge in [0.05, 0.1) is 56.2 Å². The number of aliphatic carboxylic acids is 2. The molecule has 0 radical (unpaired) electrons. The minimum Gasteiger partial charge on any atom is -0.480 e. The molecule has 28 nitrogen and oxygen atoms in total. The van der Waals surface area contributed by atoms with E-state index < -0.39 is 51.0 Å². The zero-order valence-electron chi connectivity index (χ0n) is 42.1. The molecule has 0 bridgehead atoms. The average Bonchev–Trinajstić information content (AvgIpc) is 3.36. The summed E-state index contributed by atoms with van der Waals surface area (Å²) in [4.78, 5) is 103. The molecule has 408 valence electrons. The van der Waals surface area contributed by atoms with Gasteiger partial charge >= 0.3 is 27.1 Å². The molecule has 6 aromatic rings. The minimum atomic E-state index is -4.14. The molecule has 14 N–H and O–H groups in total. The van der Waals surface area contributed by atoms with E-state index in [9.17, 15) is 38.5 Å². The third kappa shape index (κ3) is 17.7. The standard InChI is InChI=1S/C25H35N8O6P.C21H27N8O6P/c1-4-38-40(37,39-5-2)13-7-6-8-19(24(35)36)30-23(34)16-9-11-18(12-10-16)33(3)15-17-14-28-22-20(29-17)21(26)31-25(27)32-22;1-29(11-13-10-24-18-16(25-13)17(22)27-21(23)28-18)14-7-5-12(6-8-14)19(30)26-15(20(31)32)4-2-3-9-36(33,34)35/h9-12,14,19H,4-8,13,15H2,1-3H3,(H,30,34)(H,35,36)(H4,26,27,28,31,32);5-8,10,15H,2-4,9,11H2,1H3,(H,26,30)(H,31,32)(H2,33,34,35)(H4,22,23,24,27,28)/t19-;15-/m00/s1. The molecule has 2 amide bonds. The number of carbonyl (C=O) groups is 4. The van der Waals surface area contributed by atoms with Gasteiger partial charge in [-0.25, -0.2) is 29.5 Å². The molecule has 76 heavy (non-hydrogen) atoms. The van der Waals surface area contributed by atoms with Gasteiger partial charge in [-0.15, -0.1) is 0 Å². The lowest BCUT2D eigenvalue weighted by atomic mass is 10.1. The van der Waals surface area contributed by atoms with E-state index in [-0.39, 0.29) is 80.3 Å². The molecular weight excluding hydrogens is 1030 g/mol. The first-order valence-corrected chi connectivity index (χ1v) is 27.2. The summed E-state index contributed by atoms with van der Waals surface area (Å²) in [6.07, 6.45) is 4.47. The molecule has 0 saturated carbocycles. The van der Waals surface area contributed by atoms with E-state index >= 15 is 0 Å². The van der Waals surface area contributed by atoms with E-state index in [0.717, 1.165) is 11.4 Å². The third-order valence-corrected chi connectivity index (χ3v) is 14.2. The van der Waals surface area contributed by atoms with Gasteiger partial charge in [0.15, 0.2) is 34.0 Å². The van der Waals surface area contributed by atoms with Crippen molar-refractivity contribution in [1.82, 2.24) is 50.5 Å². The second kappa shape index (κ2) is 27.2. The van der Waals surface area contributed by atoms with Crippen LogP contribution in [-0.4, -0.2) is 135 Å². The summed E-state index contributed by atoms with van der Waals surface area (Å²) < 4.78 is 34.0. The van der Waals surface area contributed by atoms with Crippen molar-refractivity contribution in [3.8, 4) is 0 Å². The Hall–Kier alpha value is -7.74. The molecule has 0 aliphatic rings. The fraction of sp³-hybridized carbons (Fsp3) is 0.391. The fourth-order valence-corrected chi connectivity index (χ4v) is 9.76. The summed E-state index contributed by atoms with van der Waals surface area (Å²) in [6, 6.07) is 11.0. The van der Waals surface area contributed by atoms with Crippen LogP contribution in [0.2, 0.25) is 0 Å². The van der Waals surface area contributed by atoms with Crippen molar-refractivity contribution >= 4 is 96.2 Å². The summed E-state index contributed by atoms with van der Waals surface area (Å²) in [7, 11) is -3.66. The van der Waals surface area contributed by atoms with Crippen LogP contribution in [0.15, 0.2) is 60.9 Å². The normalized spacial score (nSPS) is 12.3. The summed E-state index contributed by atoms with van der Waals surface area (Å²) in [5, 5.41) is 24.0. The third-order valence-electron chi connectivity index (χ3n) is 11.2. The molecule has 0 unspecified atom stereocenters. The highest BCUT2D eigenvalue weighted by Crippen LogP contribution is 2.48. The number of nitrogens with one attached hydrogen (secondary N) is 2. The Kier molecular flexibility index (Phi) is 21.1. The number of carboxylic acid groups (broad SMARTS) is 2. The Labute approximate surface area is 436 Å². The highest BCUT2D eigenvalue weighted by atomic mass is 31.2. The Morgan fingerprint density at radius 3 is 1.33 bits per heavy atom. The number of nitrogen functional groups attached to an aromatic ring is 4. The molecular formula is C46H62N16O12P2. The number of unbranched alkanes of at least 4 members (excludes halogenated alkanes) is 2. The molecule has 0 saturated heterocycles. The average molecular weight is 1090 g/mol. The van der Waals surface area contributed by atoms with Gasteiger partial charge in [0.2, 0.25) is 11.9 Å². The van der Waals surface area contributed by atoms with Crippen molar-refractivity contribution in [3.63, 3.8) is 0 Å². The van der Waals surface area contributed by atoms with Crippen LogP contribution < -0.4 is 43.4 Å². The number of hydrogen-bond acceptors (Lipinski definition) is 22. The summed E-state index contributed by atoms with van der Waals surface area (Å²) in [5.41, 5.74) is 27.6. The van der Waals surface area contributed by atoms with Crippen LogP contribution >= 0.6 is 15.2 Å². The fourth-order valence-electron chi connectivity index (χ4n) is 7.40. The number of hydrogen-bond donors (Lipinski definition) is 10. The number of benzene rings is 2. The highest BCUT2D eigenvalue weighted by molar-refractivity contribution is 7.53. The lowest BCUT2D eigenvalue weighted by Crippen LogP contribution is -2.40. The number of nitrogens with zero attached hydrogens (tertiary/aromatic N) is 10. The van der Waals surface area contributed by atoms with E-state index in [1.807, 2.05) is 23.9 Å². The molecule has 0 fully saturated rings. The van der Waals surface area contributed by atoms with Crippen molar-refractivity contribution in [1.29, 1.82) is 0 Å². The summed E-state index contributed by atoms with van der Waals surface area (Å²) >= 11 is 0. The van der Waals surface area contributed by atoms with E-state index in [1.54, 1.807) is 74.8 Å². The second-order valence-corrected chi connectivity index (χ2v) is 21.0. The van der Waals surface area contributed by atoms with E-state index in [0.29, 0.717) is 65.2 Å². The zero-order chi connectivity index (χ0) is 55.7. The van der Waals surface area contributed by atoms with Crippen molar-refractivity contribution < 1.29 is 57.4 Å². The second-order valence-electron chi connectivity index (χ2n) is 17.1. The van der Waals surface area contributed by atoms with Crippen LogP contribution in [0.4, 0.5) is 34.9 Å². The van der Waals surface area contributed by atoms with Crippen LogP contribution in [0.1, 0.15) is 84.5 Å². The molecule has 0 aliphatic carbocycles. The number of fused-ring (bicyclic) bond motifs is 2. The maximum Gasteiger partial charge on any atom is 0.330 e. The number of carboxylic acids is 2. The summed E-state index contributed by atoms with van der Waals surface area (Å²) in [6.45, 7) is 4.74. The number of carbonyl (C=O) groups excluding carboxylic acids is 2. The molecule has 2 atom stereocenters. The number of nitrogens with two attached hydrogens (primary N) is 4. The van der Waals surface area contributed by atoms with Gasteiger partial charge in [0.25, 0.3) is 11.8 Å². The number of rotatable bonds is 26. The van der Waals surface area contributed by atoms with E-state index in [2.05, 4.69) is 50.5 Å². The van der Waals surface area contributed by atoms with Gasteiger partial charge in [-0.2, -0.15) is 19.9 Å². The predicted molar refractivity (Wildman–Crippen MR) is 283 cm³/mol. The smallest absolute Gasteiger partial charge is 0.330 e. The Morgan fingerprint density at radius 1 is 0.592 bits per heavy atom. The molecule has 6 rings (SSSR count). The van der Waals surface area contributed by atoms with Gasteiger partial charge in [0, 0.05) is 42.8 Å². The molecule has 4 aromatic heterocycles. The summed E-state index contributed by atoms with van der Waals surface area (Å²) in [5.74, 6) is -3.13. The lowest BCUT2D eigenvalue weighted by Gasteiger charge is -2.20. The Bertz CT molecular complexity index is 3070. The molecule has 0 spiro atoms. The molecule has 4 heterocycles. The van der Waals surface area contributed by atoms with Gasteiger partial charge < -0.3 is 72.4 Å². The van der Waals surface area contributed by atoms with Crippen molar-refractivity contribution in [3.05, 3.63) is 83.4 Å². The largest absolute Gasteiger partial charge is 0.480 e. The molecule has 30 heteroatoms. The van der Waals surface area contributed by atoms with Crippen LogP contribution in [0, 0.1) is 0 Å². The van der Waals surface area contributed by atoms with Crippen molar-refractivity contribution in [2.45, 2.75) is 77.5 Å². The van der Waals surface area contributed by atoms with Crippen LogP contribution in [0.25, 0.3) is 22.3 Å². The van der Waals surface area contributed by atoms with Crippen molar-refractivity contribution in [2.75, 3.05) is 72.4 Å². The van der Waals surface area contributed by atoms with Gasteiger partial charge in [0.1, 0.15) is 12.1 Å². The monoisotopic (exact) mass is 1090 g/mol. The zero-order valence-corrected chi connectivity index (χ0v) is 43.9. The van der Waals surface area contributed by atoms with Gasteiger partial charge in [-0.05, 0) is 88.1 Å². The van der Waals surface area contributed by atoms with Gasteiger partial charge in [-0.1, -0.05) is 12.8 Å². The van der Waals surface area contributed by atoms with Crippen LogP contribution in [-0.2, 0) is 40.9 Å². The minimum absolute atomic E-state index is 0.0119. The Morgan fingerprint density at radius 2 is 0.974 bits per heavy atom. The Balaban J connectivity index is 0.000000282. The first-order chi connectivity index (χ1) is 36.0. The maximum absolute atomic E-state index is 12.8. The van der Waals surface area contributed by atoms with E-state index in [4.69, 9.17) is 41.8 Å². The quantitative estimate of drug-likeness (QED) is 0.0274. The molecule has 2 aromatic carbocycles. The lowest BCUT2D eigenvalue weighted by molar-refractivity contribution is -0.140. The number of aromatic nitrogens is 8. The molecule has 0 aliphatic heterocycles. The van der Waals surface area contributed by atoms with Gasteiger partial charge in [-0.3, -0.25) is 18.7 Å². The number of amides is 2. The highest BCUT2D eigenvalue weighted by Gasteiger charge is 2.26. The topological polar surface area (TPSA) is 440 Å². The predicted octanol–water partition coefficient (Wildman–Crippen LogP) is 3.59. The maximum atomic E-state index is 12.8. The first kappa shape index (κ1) is 59.1. The SMILES string of the molecule is CCOP(=O)(CCCC[C@H](NC(=O)c1ccc(N(C)Cc2cnc3nc(N)nc(N)c3n2)cc1)C(=O)O)OCC.CN(Cc1cnc2nc(N)nc(N)c2n1)c1ccc(C(=O)N[C@@H](CCCCP(=O)(O)O)C(=O)O)cc1. The van der Waals surface area contributed by atoms with E-state index in [1.165, 1.54) is 0 Å². The first-order valence-electron chi connectivity index (χ1n) is 23.7. The van der Waals surface area contributed by atoms with Crippen LogP contribution in [0.3, 0.4) is 0 Å². The van der Waals surface area contributed by atoms with Crippen molar-refractivity contribution in [2.24, 2.45) is 0 Å². The number of anilines is 6. The van der Waals surface area contributed by atoms with Crippen LogP contribution in [0.5, 0.6) is 0 Å².